The Balaban J connectivity index is 1.74. The number of anilines is 1. The lowest BCUT2D eigenvalue weighted by atomic mass is 10.2. The number of fused-ring (bicyclic) bond motifs is 1. The molecule has 4 rings (SSSR count). The Morgan fingerprint density at radius 3 is 2.50 bits per heavy atom. The molecule has 2 aromatic rings. The van der Waals surface area contributed by atoms with Crippen molar-refractivity contribution < 1.29 is 5.11 Å². The molecule has 0 atom stereocenters. The molecule has 0 aromatic carbocycles. The summed E-state index contributed by atoms with van der Waals surface area (Å²) in [6.45, 7) is -0.00688. The fourth-order valence-electron chi connectivity index (χ4n) is 4.07. The zero-order valence-corrected chi connectivity index (χ0v) is 12.9. The van der Waals surface area contributed by atoms with Crippen LogP contribution in [-0.2, 0) is 0 Å². The Hall–Kier alpha value is -1.69. The van der Waals surface area contributed by atoms with Gasteiger partial charge in [-0.1, -0.05) is 25.7 Å². The summed E-state index contributed by atoms with van der Waals surface area (Å²) in [5.41, 5.74) is 1.74. The average Bonchev–Trinajstić information content (AvgIpc) is 3.29. The fraction of sp³-hybridized carbons (Fsp3) is 0.688. The highest BCUT2D eigenvalue weighted by atomic mass is 16.3. The van der Waals surface area contributed by atoms with Crippen LogP contribution in [0.3, 0.4) is 0 Å². The zero-order chi connectivity index (χ0) is 14.9. The molecular weight excluding hydrogens is 278 g/mol. The van der Waals surface area contributed by atoms with Crippen molar-refractivity contribution in [3.63, 3.8) is 0 Å². The molecule has 118 valence electrons. The van der Waals surface area contributed by atoms with Crippen LogP contribution in [0, 0.1) is 0 Å². The minimum atomic E-state index is -0.00688. The number of aromatic nitrogens is 4. The molecule has 2 aromatic heterocycles. The minimum Gasteiger partial charge on any atom is -0.376 e. The third kappa shape index (κ3) is 2.26. The van der Waals surface area contributed by atoms with Gasteiger partial charge < -0.3 is 14.6 Å². The molecule has 0 spiro atoms. The van der Waals surface area contributed by atoms with Gasteiger partial charge in [0.1, 0.15) is 13.1 Å². The van der Waals surface area contributed by atoms with Gasteiger partial charge in [0.05, 0.1) is 6.33 Å². The Morgan fingerprint density at radius 2 is 1.77 bits per heavy atom. The number of nitrogens with zero attached hydrogens (tertiary/aromatic N) is 5. The number of imidazole rings is 1. The first-order valence-corrected chi connectivity index (χ1v) is 8.43. The highest BCUT2D eigenvalue weighted by Gasteiger charge is 2.27. The number of aliphatic hydroxyl groups is 1. The van der Waals surface area contributed by atoms with Crippen LogP contribution in [0.2, 0.25) is 0 Å². The van der Waals surface area contributed by atoms with Gasteiger partial charge in [-0.05, 0) is 25.7 Å². The zero-order valence-electron chi connectivity index (χ0n) is 12.9. The van der Waals surface area contributed by atoms with E-state index < -0.39 is 0 Å². The minimum absolute atomic E-state index is 0.00688. The van der Waals surface area contributed by atoms with Crippen molar-refractivity contribution in [2.24, 2.45) is 0 Å². The van der Waals surface area contributed by atoms with Gasteiger partial charge >= 0.3 is 0 Å². The van der Waals surface area contributed by atoms with E-state index in [9.17, 15) is 5.11 Å². The molecule has 0 saturated heterocycles. The molecule has 1 N–H and O–H groups in total. The van der Waals surface area contributed by atoms with Gasteiger partial charge in [-0.2, -0.15) is 0 Å². The highest BCUT2D eigenvalue weighted by molar-refractivity contribution is 5.83. The molecule has 2 aliphatic rings. The van der Waals surface area contributed by atoms with Gasteiger partial charge in [-0.25, -0.2) is 15.0 Å². The van der Waals surface area contributed by atoms with Crippen LogP contribution in [0.4, 0.5) is 5.82 Å². The van der Waals surface area contributed by atoms with Gasteiger partial charge in [0, 0.05) is 12.1 Å². The van der Waals surface area contributed by atoms with E-state index in [1.165, 1.54) is 38.5 Å². The van der Waals surface area contributed by atoms with Gasteiger partial charge in [0.25, 0.3) is 0 Å². The van der Waals surface area contributed by atoms with E-state index in [-0.39, 0.29) is 6.73 Å². The maximum atomic E-state index is 9.85. The van der Waals surface area contributed by atoms with Crippen molar-refractivity contribution in [3.8, 4) is 0 Å². The summed E-state index contributed by atoms with van der Waals surface area (Å²) in [6.07, 6.45) is 13.2. The smallest absolute Gasteiger partial charge is 0.165 e. The Morgan fingerprint density at radius 1 is 1.05 bits per heavy atom. The molecule has 2 heterocycles. The molecule has 2 aliphatic carbocycles. The molecule has 0 unspecified atom stereocenters. The fourth-order valence-corrected chi connectivity index (χ4v) is 4.07. The quantitative estimate of drug-likeness (QED) is 0.879. The summed E-state index contributed by atoms with van der Waals surface area (Å²) in [7, 11) is 0. The summed E-state index contributed by atoms with van der Waals surface area (Å²) in [5.74, 6) is 0.788. The van der Waals surface area contributed by atoms with Crippen LogP contribution >= 0.6 is 0 Å². The molecule has 22 heavy (non-hydrogen) atoms. The summed E-state index contributed by atoms with van der Waals surface area (Å²) in [4.78, 5) is 15.5. The lowest BCUT2D eigenvalue weighted by Gasteiger charge is -2.27. The van der Waals surface area contributed by atoms with E-state index in [1.807, 2.05) is 11.2 Å². The second-order valence-corrected chi connectivity index (χ2v) is 6.51. The molecular formula is C16H23N5O. The lowest BCUT2D eigenvalue weighted by molar-refractivity contribution is 0.275. The first-order chi connectivity index (χ1) is 10.9. The topological polar surface area (TPSA) is 67.1 Å². The number of rotatable bonds is 4. The maximum Gasteiger partial charge on any atom is 0.165 e. The molecule has 0 radical (unpaired) electrons. The third-order valence-electron chi connectivity index (χ3n) is 5.25. The van der Waals surface area contributed by atoms with Crippen LogP contribution < -0.4 is 4.90 Å². The van der Waals surface area contributed by atoms with Crippen molar-refractivity contribution >= 4 is 17.0 Å². The van der Waals surface area contributed by atoms with Crippen molar-refractivity contribution in [1.29, 1.82) is 0 Å². The summed E-state index contributed by atoms with van der Waals surface area (Å²) >= 11 is 0. The highest BCUT2D eigenvalue weighted by Crippen LogP contribution is 2.34. The molecule has 2 saturated carbocycles. The van der Waals surface area contributed by atoms with E-state index in [2.05, 4.69) is 19.5 Å². The van der Waals surface area contributed by atoms with E-state index >= 15 is 0 Å². The Labute approximate surface area is 130 Å². The molecule has 0 aliphatic heterocycles. The lowest BCUT2D eigenvalue weighted by Crippen LogP contribution is -2.35. The summed E-state index contributed by atoms with van der Waals surface area (Å²) in [5, 5.41) is 9.85. The normalized spacial score (nSPS) is 20.2. The molecule has 6 heteroatoms. The second kappa shape index (κ2) is 5.83. The molecule has 0 amide bonds. The maximum absolute atomic E-state index is 9.85. The third-order valence-corrected chi connectivity index (χ3v) is 5.25. The molecule has 6 nitrogen and oxygen atoms in total. The van der Waals surface area contributed by atoms with E-state index in [4.69, 9.17) is 0 Å². The SMILES string of the molecule is OCN(c1ncnc2c1ncn2C1CCCC1)C1CCCC1. The number of hydrogen-bond donors (Lipinski definition) is 1. The van der Waals surface area contributed by atoms with Crippen LogP contribution in [0.1, 0.15) is 57.4 Å². The second-order valence-electron chi connectivity index (χ2n) is 6.51. The van der Waals surface area contributed by atoms with Crippen molar-refractivity contribution in [2.75, 3.05) is 11.6 Å². The van der Waals surface area contributed by atoms with E-state index in [0.29, 0.717) is 12.1 Å². The van der Waals surface area contributed by atoms with Crippen LogP contribution in [0.5, 0.6) is 0 Å². The largest absolute Gasteiger partial charge is 0.376 e. The van der Waals surface area contributed by atoms with Crippen LogP contribution in [-0.4, -0.2) is 37.4 Å². The first-order valence-electron chi connectivity index (χ1n) is 8.43. The van der Waals surface area contributed by atoms with Gasteiger partial charge in [-0.15, -0.1) is 0 Å². The molecule has 2 fully saturated rings. The van der Waals surface area contributed by atoms with Gasteiger partial charge in [0.15, 0.2) is 17.0 Å². The van der Waals surface area contributed by atoms with Gasteiger partial charge in [0.2, 0.25) is 0 Å². The van der Waals surface area contributed by atoms with Crippen molar-refractivity contribution in [2.45, 2.75) is 63.5 Å². The van der Waals surface area contributed by atoms with Crippen molar-refractivity contribution in [3.05, 3.63) is 12.7 Å². The van der Waals surface area contributed by atoms with Gasteiger partial charge in [-0.3, -0.25) is 0 Å². The standard InChI is InChI=1S/C16H23N5O/c22-11-21(13-7-3-4-8-13)16-14-15(17-9-18-16)20(10-19-14)12-5-1-2-6-12/h9-10,12-13,22H,1-8,11H2. The summed E-state index contributed by atoms with van der Waals surface area (Å²) in [6, 6.07) is 0.890. The average molecular weight is 301 g/mol. The monoisotopic (exact) mass is 301 g/mol. The Kier molecular flexibility index (Phi) is 3.70. The number of hydrogen-bond acceptors (Lipinski definition) is 5. The Bertz CT molecular complexity index is 643. The van der Waals surface area contributed by atoms with Crippen LogP contribution in [0.25, 0.3) is 11.2 Å². The van der Waals surface area contributed by atoms with E-state index in [1.54, 1.807) is 6.33 Å². The summed E-state index contributed by atoms with van der Waals surface area (Å²) < 4.78 is 2.21. The van der Waals surface area contributed by atoms with Crippen molar-refractivity contribution in [1.82, 2.24) is 19.5 Å². The predicted octanol–water partition coefficient (Wildman–Crippen LogP) is 2.64. The van der Waals surface area contributed by atoms with Crippen LogP contribution in [0.15, 0.2) is 12.7 Å². The predicted molar refractivity (Wildman–Crippen MR) is 84.6 cm³/mol. The molecule has 0 bridgehead atoms. The number of aliphatic hydroxyl groups excluding tert-OH is 1. The van der Waals surface area contributed by atoms with E-state index in [0.717, 1.165) is 29.8 Å². The first kappa shape index (κ1) is 13.9.